The molecule has 0 aliphatic heterocycles. The normalized spacial score (nSPS) is 15.0. The van der Waals surface area contributed by atoms with Crippen molar-refractivity contribution in [3.8, 4) is 0 Å². The Morgan fingerprint density at radius 2 is 1.94 bits per heavy atom. The van der Waals surface area contributed by atoms with Crippen LogP contribution >= 0.6 is 0 Å². The minimum Gasteiger partial charge on any atom is -0.310 e. The Morgan fingerprint density at radius 3 is 2.66 bits per heavy atom. The number of carbonyl (C=O) groups excluding carboxylic acids is 1. The quantitative estimate of drug-likeness (QED) is 0.553. The molecule has 5 nitrogen and oxygen atoms in total. The number of nitrogens with one attached hydrogen (secondary N) is 1. The monoisotopic (exact) mass is 443 g/mol. The third-order valence-electron chi connectivity index (χ3n) is 5.90. The van der Waals surface area contributed by atoms with Crippen LogP contribution in [0.3, 0.4) is 0 Å². The van der Waals surface area contributed by atoms with Crippen molar-refractivity contribution in [1.29, 1.82) is 0 Å². The second kappa shape index (κ2) is 8.76. The lowest BCUT2D eigenvalue weighted by atomic mass is 10.1. The van der Waals surface area contributed by atoms with E-state index in [2.05, 4.69) is 9.97 Å². The van der Waals surface area contributed by atoms with Crippen LogP contribution in [-0.2, 0) is 17.4 Å². The topological polar surface area (TPSA) is 66.1 Å². The number of nitrogens with zero attached hydrogens (tertiary/aromatic N) is 2. The molecule has 1 N–H and O–H groups in total. The molecule has 168 valence electrons. The highest BCUT2D eigenvalue weighted by atomic mass is 19.4. The first-order valence-electron chi connectivity index (χ1n) is 10.7. The van der Waals surface area contributed by atoms with Gasteiger partial charge in [0.25, 0.3) is 5.56 Å². The number of rotatable bonds is 7. The molecule has 0 spiro atoms. The van der Waals surface area contributed by atoms with Crippen molar-refractivity contribution in [2.75, 3.05) is 4.90 Å². The predicted octanol–water partition coefficient (Wildman–Crippen LogP) is 5.10. The van der Waals surface area contributed by atoms with Gasteiger partial charge in [0.1, 0.15) is 5.82 Å². The molecule has 1 aromatic heterocycles. The Bertz CT molecular complexity index is 1180. The summed E-state index contributed by atoms with van der Waals surface area (Å²) in [6.07, 6.45) is -1.59. The van der Waals surface area contributed by atoms with E-state index in [1.54, 1.807) is 30.3 Å². The number of alkyl halides is 3. The van der Waals surface area contributed by atoms with Crippen LogP contribution in [0.15, 0.2) is 53.3 Å². The number of hydrogen-bond donors (Lipinski definition) is 1. The highest BCUT2D eigenvalue weighted by molar-refractivity contribution is 5.94. The summed E-state index contributed by atoms with van der Waals surface area (Å²) in [5, 5.41) is 0.501. The lowest BCUT2D eigenvalue weighted by Crippen LogP contribution is -2.40. The van der Waals surface area contributed by atoms with Gasteiger partial charge in [0.2, 0.25) is 5.91 Å². The first kappa shape index (κ1) is 22.0. The van der Waals surface area contributed by atoms with Gasteiger partial charge in [-0.2, -0.15) is 13.2 Å². The van der Waals surface area contributed by atoms with E-state index in [1.807, 2.05) is 6.92 Å². The molecule has 1 atom stereocenters. The first-order valence-corrected chi connectivity index (χ1v) is 10.7. The molecule has 2 aromatic carbocycles. The smallest absolute Gasteiger partial charge is 0.310 e. The number of fused-ring (bicyclic) bond motifs is 1. The van der Waals surface area contributed by atoms with Crippen LogP contribution in [0.4, 0.5) is 18.9 Å². The summed E-state index contributed by atoms with van der Waals surface area (Å²) in [6.45, 7) is 1.89. The zero-order valence-corrected chi connectivity index (χ0v) is 17.7. The van der Waals surface area contributed by atoms with Crippen molar-refractivity contribution in [1.82, 2.24) is 9.97 Å². The number of anilines is 1. The molecule has 1 aliphatic rings. The van der Waals surface area contributed by atoms with Crippen LogP contribution in [0.5, 0.6) is 0 Å². The fraction of sp³-hybridized carbons (Fsp3) is 0.375. The average Bonchev–Trinajstić information content (AvgIpc) is 3.59. The van der Waals surface area contributed by atoms with Gasteiger partial charge < -0.3 is 9.88 Å². The summed E-state index contributed by atoms with van der Waals surface area (Å²) in [7, 11) is 0. The van der Waals surface area contributed by atoms with E-state index in [9.17, 15) is 22.8 Å². The van der Waals surface area contributed by atoms with E-state index in [0.717, 1.165) is 25.0 Å². The summed E-state index contributed by atoms with van der Waals surface area (Å²) in [6, 6.07) is 11.8. The van der Waals surface area contributed by atoms with Crippen molar-refractivity contribution < 1.29 is 18.0 Å². The number of hydrogen-bond acceptors (Lipinski definition) is 3. The molecule has 3 aromatic rings. The molecular formula is C24H24F3N3O2. The first-order chi connectivity index (χ1) is 15.2. The van der Waals surface area contributed by atoms with Crippen LogP contribution in [0, 0.1) is 5.92 Å². The van der Waals surface area contributed by atoms with Crippen molar-refractivity contribution >= 4 is 22.5 Å². The van der Waals surface area contributed by atoms with E-state index in [0.29, 0.717) is 35.5 Å². The molecule has 8 heteroatoms. The molecule has 32 heavy (non-hydrogen) atoms. The largest absolute Gasteiger partial charge is 0.416 e. The van der Waals surface area contributed by atoms with Crippen LogP contribution < -0.4 is 10.5 Å². The molecule has 0 saturated heterocycles. The molecule has 4 rings (SSSR count). The Balaban J connectivity index is 1.49. The maximum atomic E-state index is 13.2. The molecule has 1 aliphatic carbocycles. The second-order valence-electron chi connectivity index (χ2n) is 8.27. The summed E-state index contributed by atoms with van der Waals surface area (Å²) < 4.78 is 39.6. The molecule has 1 saturated carbocycles. The lowest BCUT2D eigenvalue weighted by Gasteiger charge is -2.30. The Kier molecular flexibility index (Phi) is 6.04. The maximum Gasteiger partial charge on any atom is 0.416 e. The molecule has 1 heterocycles. The summed E-state index contributed by atoms with van der Waals surface area (Å²) >= 11 is 0. The van der Waals surface area contributed by atoms with E-state index in [1.165, 1.54) is 11.0 Å². The molecule has 1 unspecified atom stereocenters. The highest BCUT2D eigenvalue weighted by Crippen LogP contribution is 2.38. The molecule has 1 fully saturated rings. The molecule has 0 bridgehead atoms. The summed E-state index contributed by atoms with van der Waals surface area (Å²) in [5.41, 5.74) is -0.148. The van der Waals surface area contributed by atoms with Crippen LogP contribution in [0.2, 0.25) is 0 Å². The number of aromatic amines is 1. The third-order valence-corrected chi connectivity index (χ3v) is 5.90. The molecular weight excluding hydrogens is 419 g/mol. The fourth-order valence-corrected chi connectivity index (χ4v) is 4.01. The van der Waals surface area contributed by atoms with Crippen molar-refractivity contribution in [3.05, 3.63) is 70.3 Å². The van der Waals surface area contributed by atoms with Crippen LogP contribution in [0.25, 0.3) is 10.9 Å². The average molecular weight is 443 g/mol. The van der Waals surface area contributed by atoms with Gasteiger partial charge >= 0.3 is 6.18 Å². The molecule has 1 amide bonds. The lowest BCUT2D eigenvalue weighted by molar-refractivity contribution is -0.137. The van der Waals surface area contributed by atoms with E-state index >= 15 is 0 Å². The molecule has 0 radical (unpaired) electrons. The predicted molar refractivity (Wildman–Crippen MR) is 116 cm³/mol. The number of aryl methyl sites for hydroxylation is 1. The van der Waals surface area contributed by atoms with E-state index in [-0.39, 0.29) is 29.6 Å². The number of halogens is 3. The van der Waals surface area contributed by atoms with Gasteiger partial charge in [-0.1, -0.05) is 18.2 Å². The maximum absolute atomic E-state index is 13.2. The second-order valence-corrected chi connectivity index (χ2v) is 8.27. The van der Waals surface area contributed by atoms with Gasteiger partial charge in [0.15, 0.2) is 0 Å². The minimum atomic E-state index is -4.47. The van der Waals surface area contributed by atoms with Crippen LogP contribution in [0.1, 0.15) is 44.0 Å². The number of amides is 1. The Morgan fingerprint density at radius 1 is 1.19 bits per heavy atom. The van der Waals surface area contributed by atoms with Gasteiger partial charge in [-0.05, 0) is 62.4 Å². The minimum absolute atomic E-state index is 0.143. The van der Waals surface area contributed by atoms with Gasteiger partial charge in [-0.3, -0.25) is 9.59 Å². The fourth-order valence-electron chi connectivity index (χ4n) is 4.01. The Hall–Kier alpha value is -3.16. The van der Waals surface area contributed by atoms with Gasteiger partial charge in [0.05, 0.1) is 16.5 Å². The van der Waals surface area contributed by atoms with Gasteiger partial charge in [-0.15, -0.1) is 0 Å². The summed E-state index contributed by atoms with van der Waals surface area (Å²) in [4.78, 5) is 34.0. The zero-order chi connectivity index (χ0) is 22.9. The SMILES string of the molecule is CC(C1CC1)N(C(=O)CCCc1nc2ccccc2c(=O)[nH]1)c1cccc(C(F)(F)F)c1. The number of aromatic nitrogens is 2. The van der Waals surface area contributed by atoms with Crippen LogP contribution in [-0.4, -0.2) is 21.9 Å². The van der Waals surface area contributed by atoms with Gasteiger partial charge in [-0.25, -0.2) is 4.98 Å². The summed E-state index contributed by atoms with van der Waals surface area (Å²) in [5.74, 6) is 0.557. The van der Waals surface area contributed by atoms with E-state index < -0.39 is 11.7 Å². The number of para-hydroxylation sites is 1. The Labute approximate surface area is 183 Å². The van der Waals surface area contributed by atoms with Crippen molar-refractivity contribution in [3.63, 3.8) is 0 Å². The van der Waals surface area contributed by atoms with Gasteiger partial charge in [0, 0.05) is 24.6 Å². The number of benzene rings is 2. The zero-order valence-electron chi connectivity index (χ0n) is 17.7. The standard InChI is InChI=1S/C24H24F3N3O2/c1-15(16-12-13-16)30(18-7-4-6-17(14-18)24(25,26)27)22(31)11-5-10-21-28-20-9-3-2-8-19(20)23(32)29-21/h2-4,6-9,14-16H,5,10-13H2,1H3,(H,28,29,32). The third kappa shape index (κ3) is 4.84. The number of H-pyrrole nitrogens is 1. The highest BCUT2D eigenvalue weighted by Gasteiger charge is 2.36. The number of carbonyl (C=O) groups is 1. The van der Waals surface area contributed by atoms with Crippen molar-refractivity contribution in [2.24, 2.45) is 5.92 Å². The van der Waals surface area contributed by atoms with E-state index in [4.69, 9.17) is 0 Å². The van der Waals surface area contributed by atoms with Crippen molar-refractivity contribution in [2.45, 2.75) is 51.2 Å².